The summed E-state index contributed by atoms with van der Waals surface area (Å²) in [5.41, 5.74) is 1.55. The Morgan fingerprint density at radius 2 is 1.26 bits per heavy atom. The number of ether oxygens (including phenoxy) is 3. The fourth-order valence-corrected chi connectivity index (χ4v) is 4.57. The minimum Gasteiger partial charge on any atom is -0.370 e. The predicted molar refractivity (Wildman–Crippen MR) is 130 cm³/mol. The third-order valence-electron chi connectivity index (χ3n) is 6.75. The average molecular weight is 483 g/mol. The van der Waals surface area contributed by atoms with E-state index in [1.807, 2.05) is 60.7 Å². The van der Waals surface area contributed by atoms with Crippen LogP contribution in [0.3, 0.4) is 0 Å². The lowest BCUT2D eigenvalue weighted by Crippen LogP contribution is -2.65. The Balaban J connectivity index is 1.70. The van der Waals surface area contributed by atoms with Crippen molar-refractivity contribution < 1.29 is 28.1 Å². The molecule has 35 heavy (non-hydrogen) atoms. The molecule has 6 heteroatoms. The van der Waals surface area contributed by atoms with Crippen molar-refractivity contribution in [2.24, 2.45) is 5.92 Å². The van der Waals surface area contributed by atoms with Crippen LogP contribution in [0.25, 0.3) is 0 Å². The van der Waals surface area contributed by atoms with E-state index >= 15 is 8.78 Å². The Bertz CT molecular complexity index is 1050. The third-order valence-corrected chi connectivity index (χ3v) is 6.75. The lowest BCUT2D eigenvalue weighted by Gasteiger charge is -2.51. The van der Waals surface area contributed by atoms with Gasteiger partial charge in [-0.3, -0.25) is 0 Å². The van der Waals surface area contributed by atoms with Gasteiger partial charge in [0.1, 0.15) is 6.10 Å². The number of rotatable bonds is 9. The van der Waals surface area contributed by atoms with E-state index in [4.69, 9.17) is 14.2 Å². The number of hydrogen-bond donors (Lipinski definition) is 1. The van der Waals surface area contributed by atoms with E-state index in [0.717, 1.165) is 11.1 Å². The molecule has 1 heterocycles. The zero-order valence-electron chi connectivity index (χ0n) is 20.0. The lowest BCUT2D eigenvalue weighted by molar-refractivity contribution is -0.374. The first-order valence-electron chi connectivity index (χ1n) is 12.0. The summed E-state index contributed by atoms with van der Waals surface area (Å²) in [5.74, 6) is -5.84. The molecule has 1 aliphatic heterocycles. The van der Waals surface area contributed by atoms with Gasteiger partial charge in [-0.15, -0.1) is 0 Å². The van der Waals surface area contributed by atoms with E-state index in [2.05, 4.69) is 0 Å². The molecular weight excluding hydrogens is 450 g/mol. The van der Waals surface area contributed by atoms with E-state index in [-0.39, 0.29) is 25.2 Å². The van der Waals surface area contributed by atoms with Gasteiger partial charge in [0.25, 0.3) is 0 Å². The molecule has 5 atom stereocenters. The van der Waals surface area contributed by atoms with Crippen molar-refractivity contribution in [3.8, 4) is 0 Å². The summed E-state index contributed by atoms with van der Waals surface area (Å²) in [6.45, 7) is 3.78. The molecule has 3 aromatic carbocycles. The minimum absolute atomic E-state index is 0.110. The Hall–Kier alpha value is -2.64. The summed E-state index contributed by atoms with van der Waals surface area (Å²) in [6, 6.07) is 26.4. The summed E-state index contributed by atoms with van der Waals surface area (Å²) in [7, 11) is 0. The second-order valence-corrected chi connectivity index (χ2v) is 9.04. The highest BCUT2D eigenvalue weighted by atomic mass is 19.3. The molecule has 3 aromatic rings. The zero-order chi connectivity index (χ0) is 24.9. The van der Waals surface area contributed by atoms with E-state index < -0.39 is 35.9 Å². The van der Waals surface area contributed by atoms with Crippen LogP contribution in [0.2, 0.25) is 0 Å². The van der Waals surface area contributed by atoms with Crippen molar-refractivity contribution in [1.29, 1.82) is 0 Å². The maximum atomic E-state index is 16.0. The van der Waals surface area contributed by atoms with Crippen LogP contribution in [0.4, 0.5) is 8.78 Å². The van der Waals surface area contributed by atoms with Crippen LogP contribution in [-0.4, -0.2) is 29.2 Å². The fraction of sp³-hybridized carbons (Fsp3) is 0.379. The van der Waals surface area contributed by atoms with Crippen LogP contribution in [0.15, 0.2) is 91.0 Å². The molecule has 0 saturated carbocycles. The quantitative estimate of drug-likeness (QED) is 0.401. The number of alkyl halides is 2. The monoisotopic (exact) mass is 482 g/mol. The van der Waals surface area contributed by atoms with Gasteiger partial charge in [0.15, 0.2) is 11.9 Å². The molecule has 4 rings (SSSR count). The highest BCUT2D eigenvalue weighted by Gasteiger charge is 2.60. The SMILES string of the molecule is CC[C@@]1(O)O[C@@H](C(F)(F)c2ccccc2)[C@H](OCc2ccccc2)[C@@H](OCc2ccccc2)[C@@H]1C. The Kier molecular flexibility index (Phi) is 7.97. The highest BCUT2D eigenvalue weighted by molar-refractivity contribution is 5.23. The van der Waals surface area contributed by atoms with Crippen molar-refractivity contribution in [2.75, 3.05) is 0 Å². The molecular formula is C29H32F2O4. The molecule has 0 spiro atoms. The molecule has 1 saturated heterocycles. The maximum absolute atomic E-state index is 16.0. The van der Waals surface area contributed by atoms with Crippen molar-refractivity contribution in [3.05, 3.63) is 108 Å². The highest BCUT2D eigenvalue weighted by Crippen LogP contribution is 2.46. The Morgan fingerprint density at radius 3 is 1.74 bits per heavy atom. The molecule has 0 amide bonds. The second kappa shape index (κ2) is 11.0. The topological polar surface area (TPSA) is 47.9 Å². The Morgan fingerprint density at radius 1 is 0.800 bits per heavy atom. The number of halogens is 2. The molecule has 1 N–H and O–H groups in total. The summed E-state index contributed by atoms with van der Waals surface area (Å²) in [5, 5.41) is 11.3. The molecule has 0 unspecified atom stereocenters. The van der Waals surface area contributed by atoms with Crippen molar-refractivity contribution >= 4 is 0 Å². The molecule has 0 radical (unpaired) electrons. The molecule has 186 valence electrons. The number of benzene rings is 3. The first-order chi connectivity index (χ1) is 16.8. The summed E-state index contributed by atoms with van der Waals surface area (Å²) in [4.78, 5) is 0. The summed E-state index contributed by atoms with van der Waals surface area (Å²) in [6.07, 6.45) is -3.59. The first-order valence-corrected chi connectivity index (χ1v) is 12.0. The predicted octanol–water partition coefficient (Wildman–Crippen LogP) is 6.08. The van der Waals surface area contributed by atoms with Gasteiger partial charge >= 0.3 is 5.92 Å². The third kappa shape index (κ3) is 5.62. The number of hydrogen-bond acceptors (Lipinski definition) is 4. The molecule has 0 bridgehead atoms. The maximum Gasteiger partial charge on any atom is 0.301 e. The van der Waals surface area contributed by atoms with Crippen LogP contribution in [-0.2, 0) is 33.3 Å². The second-order valence-electron chi connectivity index (χ2n) is 9.04. The van der Waals surface area contributed by atoms with Crippen molar-refractivity contribution in [3.63, 3.8) is 0 Å². The van der Waals surface area contributed by atoms with Crippen molar-refractivity contribution in [2.45, 2.75) is 63.5 Å². The van der Waals surface area contributed by atoms with Gasteiger partial charge in [0.2, 0.25) is 0 Å². The molecule has 1 aliphatic rings. The van der Waals surface area contributed by atoms with Gasteiger partial charge < -0.3 is 19.3 Å². The molecule has 0 aliphatic carbocycles. The smallest absolute Gasteiger partial charge is 0.301 e. The summed E-state index contributed by atoms with van der Waals surface area (Å²) < 4.78 is 50.2. The normalized spacial score (nSPS) is 27.0. The zero-order valence-corrected chi connectivity index (χ0v) is 20.0. The van der Waals surface area contributed by atoms with Crippen molar-refractivity contribution in [1.82, 2.24) is 0 Å². The van der Waals surface area contributed by atoms with Crippen LogP contribution >= 0.6 is 0 Å². The largest absolute Gasteiger partial charge is 0.370 e. The number of aliphatic hydroxyl groups is 1. The van der Waals surface area contributed by atoms with Gasteiger partial charge in [0.05, 0.1) is 19.3 Å². The van der Waals surface area contributed by atoms with Crippen LogP contribution in [0.5, 0.6) is 0 Å². The lowest BCUT2D eigenvalue weighted by atomic mass is 9.81. The molecule has 0 aromatic heterocycles. The summed E-state index contributed by atoms with van der Waals surface area (Å²) >= 11 is 0. The van der Waals surface area contributed by atoms with E-state index in [1.54, 1.807) is 32.0 Å². The first kappa shape index (κ1) is 25.5. The fourth-order valence-electron chi connectivity index (χ4n) is 4.57. The van der Waals surface area contributed by atoms with Gasteiger partial charge in [-0.2, -0.15) is 8.78 Å². The standard InChI is InChI=1S/C29H32F2O4/c1-3-28(32)21(2)25(33-19-22-13-7-4-8-14-22)26(34-20-23-15-9-5-10-16-23)27(35-28)29(30,31)24-17-11-6-12-18-24/h4-18,21,25-27,32H,3,19-20H2,1-2H3/t21-,25-,26+,27+,28+/m0/s1. The van der Waals surface area contributed by atoms with E-state index in [1.165, 1.54) is 12.1 Å². The van der Waals surface area contributed by atoms with Gasteiger partial charge in [-0.1, -0.05) is 105 Å². The minimum atomic E-state index is -3.43. The molecule has 4 nitrogen and oxygen atoms in total. The van der Waals surface area contributed by atoms with Gasteiger partial charge in [-0.25, -0.2) is 0 Å². The van der Waals surface area contributed by atoms with Crippen LogP contribution < -0.4 is 0 Å². The van der Waals surface area contributed by atoms with Crippen LogP contribution in [0, 0.1) is 5.92 Å². The average Bonchev–Trinajstić information content (AvgIpc) is 2.90. The van der Waals surface area contributed by atoms with E-state index in [0.29, 0.717) is 0 Å². The van der Waals surface area contributed by atoms with Gasteiger partial charge in [0, 0.05) is 11.5 Å². The van der Waals surface area contributed by atoms with E-state index in [9.17, 15) is 5.11 Å². The van der Waals surface area contributed by atoms with Gasteiger partial charge in [-0.05, 0) is 17.5 Å². The molecule has 1 fully saturated rings. The Labute approximate surface area is 205 Å². The van der Waals surface area contributed by atoms with Crippen LogP contribution in [0.1, 0.15) is 37.0 Å².